The van der Waals surface area contributed by atoms with Gasteiger partial charge in [-0.25, -0.2) is 12.3 Å². The molecular weight excluding hydrogens is 429 g/mol. The van der Waals surface area contributed by atoms with Crippen LogP contribution in [0, 0.1) is 0 Å². The first-order valence-corrected chi connectivity index (χ1v) is 9.61. The van der Waals surface area contributed by atoms with Crippen molar-refractivity contribution in [1.29, 1.82) is 0 Å². The summed E-state index contributed by atoms with van der Waals surface area (Å²) >= 11 is 0. The van der Waals surface area contributed by atoms with Crippen LogP contribution in [0.25, 0.3) is 21.3 Å². The topological polar surface area (TPSA) is 90.5 Å². The van der Waals surface area contributed by atoms with E-state index in [4.69, 9.17) is 9.59 Å². The van der Waals surface area contributed by atoms with E-state index < -0.39 is 0 Å². The Morgan fingerprint density at radius 2 is 0.889 bits per heavy atom. The Kier molecular flexibility index (Phi) is 46.4. The maximum Gasteiger partial charge on any atom is 6.00 e. The van der Waals surface area contributed by atoms with Gasteiger partial charge in [0.25, 0.3) is 0 Å². The second kappa shape index (κ2) is 33.4. The Balaban J connectivity index is -0.0000000975. The second-order valence-electron chi connectivity index (χ2n) is 6.02. The monoisotopic (exact) mass is 472 g/mol. The molecule has 0 fully saturated rings. The SMILES string of the molecule is CCCC([N-]CC)[N-]C(C)C.CCCC([N-]CC)[N-]C(C)C.[CH-]=O.[CH-]=O.[Ru+6]. The minimum atomic E-state index is 0. The molecule has 0 N–H and O–H groups in total. The summed E-state index contributed by atoms with van der Waals surface area (Å²) in [6.07, 6.45) is 5.06. The summed E-state index contributed by atoms with van der Waals surface area (Å²) in [5.41, 5.74) is 0. The summed E-state index contributed by atoms with van der Waals surface area (Å²) in [4.78, 5) is 15.5. The Morgan fingerprint density at radius 3 is 1.04 bits per heavy atom. The summed E-state index contributed by atoms with van der Waals surface area (Å²) in [5.74, 6) is 0. The smallest absolute Gasteiger partial charge is 0.678 e. The Morgan fingerprint density at radius 1 is 0.630 bits per heavy atom. The molecule has 0 rings (SSSR count). The average molecular weight is 472 g/mol. The van der Waals surface area contributed by atoms with Gasteiger partial charge in [-0.05, 0) is 0 Å². The molecule has 0 aliphatic carbocycles. The van der Waals surface area contributed by atoms with Crippen molar-refractivity contribution in [3.63, 3.8) is 0 Å². The van der Waals surface area contributed by atoms with Crippen molar-refractivity contribution in [2.75, 3.05) is 13.1 Å². The molecule has 0 saturated heterocycles. The van der Waals surface area contributed by atoms with Crippen LogP contribution < -0.4 is 0 Å². The molecule has 0 radical (unpaired) electrons. The van der Waals surface area contributed by atoms with Crippen LogP contribution in [0.5, 0.6) is 0 Å². The molecule has 7 heteroatoms. The van der Waals surface area contributed by atoms with E-state index in [1.165, 1.54) is 12.8 Å². The number of hydrogen-bond donors (Lipinski definition) is 0. The Bertz CT molecular complexity index is 212. The fourth-order valence-electron chi connectivity index (χ4n) is 2.05. The van der Waals surface area contributed by atoms with Crippen molar-refractivity contribution in [1.82, 2.24) is 0 Å². The van der Waals surface area contributed by atoms with E-state index in [-0.39, 0.29) is 31.8 Å². The van der Waals surface area contributed by atoms with Gasteiger partial charge in [0.2, 0.25) is 0 Å². The van der Waals surface area contributed by atoms with Gasteiger partial charge >= 0.3 is 19.5 Å². The summed E-state index contributed by atoms with van der Waals surface area (Å²) in [6, 6.07) is 0.837. The van der Waals surface area contributed by atoms with E-state index in [1.54, 1.807) is 0 Å². The predicted octanol–water partition coefficient (Wildman–Crippen LogP) is 6.03. The quantitative estimate of drug-likeness (QED) is 0.198. The van der Waals surface area contributed by atoms with Crippen molar-refractivity contribution in [2.24, 2.45) is 0 Å². The number of carbonyl (C=O) groups excluding carboxylic acids is 2. The van der Waals surface area contributed by atoms with Crippen LogP contribution in [0.1, 0.15) is 81.1 Å². The van der Waals surface area contributed by atoms with Crippen LogP contribution in [0.2, 0.25) is 0 Å². The van der Waals surface area contributed by atoms with Gasteiger partial charge in [-0.15, -0.1) is 12.1 Å². The Labute approximate surface area is 182 Å². The van der Waals surface area contributed by atoms with E-state index in [0.29, 0.717) is 12.1 Å². The molecule has 0 heterocycles. The molecule has 0 spiro atoms. The first-order valence-electron chi connectivity index (χ1n) is 9.61. The van der Waals surface area contributed by atoms with Crippen LogP contribution in [0.15, 0.2) is 0 Å². The summed E-state index contributed by atoms with van der Waals surface area (Å²) in [7, 11) is 0. The molecule has 2 unspecified atom stereocenters. The van der Waals surface area contributed by atoms with Gasteiger partial charge in [0.15, 0.2) is 0 Å². The van der Waals surface area contributed by atoms with Gasteiger partial charge in [-0.3, -0.25) is 13.6 Å². The van der Waals surface area contributed by atoms with Crippen molar-refractivity contribution < 1.29 is 29.1 Å². The zero-order valence-corrected chi connectivity index (χ0v) is 20.4. The number of rotatable bonds is 12. The van der Waals surface area contributed by atoms with Crippen molar-refractivity contribution >= 4 is 13.6 Å². The number of hydrogen-bond acceptors (Lipinski definition) is 2. The normalized spacial score (nSPS) is 11.6. The fourth-order valence-corrected chi connectivity index (χ4v) is 2.05. The van der Waals surface area contributed by atoms with Crippen LogP contribution in [0.3, 0.4) is 0 Å². The Hall–Kier alpha value is -0.197. The van der Waals surface area contributed by atoms with E-state index in [1.807, 2.05) is 0 Å². The van der Waals surface area contributed by atoms with Crippen LogP contribution in [-0.2, 0) is 29.1 Å². The summed E-state index contributed by atoms with van der Waals surface area (Å²) in [5, 5.41) is 17.8. The van der Waals surface area contributed by atoms with Crippen LogP contribution in [-0.4, -0.2) is 51.1 Å². The largest absolute Gasteiger partial charge is 6.00 e. The van der Waals surface area contributed by atoms with E-state index in [9.17, 15) is 0 Å². The molecule has 0 aromatic rings. The van der Waals surface area contributed by atoms with Gasteiger partial charge in [-0.1, -0.05) is 81.1 Å². The van der Waals surface area contributed by atoms with Crippen molar-refractivity contribution in [3.8, 4) is 0 Å². The van der Waals surface area contributed by atoms with Gasteiger partial charge in [0.05, 0.1) is 0 Å². The first-order chi connectivity index (χ1) is 12.4. The molecule has 0 bridgehead atoms. The molecule has 0 aromatic carbocycles. The molecular formula is C20H42N4O2Ru. The standard InChI is InChI=1S/2C9H20N2.2CHO.Ru/c2*1-5-7-9(10-6-2)11-8(3)4;2*1-2;/h2*8-9H,5-7H2,1-4H3;2*1H;/q2*-2;2*-1;+6. The molecule has 162 valence electrons. The third kappa shape index (κ3) is 37.3. The van der Waals surface area contributed by atoms with E-state index >= 15 is 0 Å². The molecule has 0 aliphatic rings. The molecule has 0 saturated carbocycles. The van der Waals surface area contributed by atoms with E-state index in [0.717, 1.165) is 25.9 Å². The van der Waals surface area contributed by atoms with E-state index in [2.05, 4.69) is 90.2 Å². The third-order valence-electron chi connectivity index (χ3n) is 2.82. The summed E-state index contributed by atoms with van der Waals surface area (Å²) < 4.78 is 0. The van der Waals surface area contributed by atoms with Gasteiger partial charge in [0.1, 0.15) is 0 Å². The van der Waals surface area contributed by atoms with Gasteiger partial charge in [0, 0.05) is 0 Å². The van der Waals surface area contributed by atoms with Crippen LogP contribution >= 0.6 is 0 Å². The fraction of sp³-hybridized carbons (Fsp3) is 0.900. The van der Waals surface area contributed by atoms with Gasteiger partial charge < -0.3 is 30.9 Å². The molecule has 2 atom stereocenters. The average Bonchev–Trinajstić information content (AvgIpc) is 2.59. The summed E-state index contributed by atoms with van der Waals surface area (Å²) in [6.45, 7) is 25.2. The van der Waals surface area contributed by atoms with Gasteiger partial charge in [-0.2, -0.15) is 13.1 Å². The molecule has 6 nitrogen and oxygen atoms in total. The predicted molar refractivity (Wildman–Crippen MR) is 116 cm³/mol. The zero-order chi connectivity index (χ0) is 21.4. The maximum absolute atomic E-state index is 7.75. The maximum atomic E-state index is 7.75. The minimum Gasteiger partial charge on any atom is -0.678 e. The van der Waals surface area contributed by atoms with Crippen LogP contribution in [0.4, 0.5) is 0 Å². The number of nitrogens with zero attached hydrogens (tertiary/aromatic N) is 4. The molecule has 0 aliphatic heterocycles. The van der Waals surface area contributed by atoms with Crippen molar-refractivity contribution in [3.05, 3.63) is 21.3 Å². The second-order valence-corrected chi connectivity index (χ2v) is 6.02. The molecule has 27 heavy (non-hydrogen) atoms. The third-order valence-corrected chi connectivity index (χ3v) is 2.82. The first kappa shape index (κ1) is 37.5. The zero-order valence-electron chi connectivity index (χ0n) is 18.7. The minimum absolute atomic E-state index is 0. The molecule has 0 amide bonds. The molecule has 0 aromatic heterocycles. The van der Waals surface area contributed by atoms with Crippen molar-refractivity contribution in [2.45, 2.75) is 105 Å².